The van der Waals surface area contributed by atoms with Crippen LogP contribution >= 0.6 is 0 Å². The Labute approximate surface area is 174 Å². The van der Waals surface area contributed by atoms with Crippen molar-refractivity contribution in [1.82, 2.24) is 9.97 Å². The number of amides is 1. The number of pyridine rings is 2. The van der Waals surface area contributed by atoms with Crippen molar-refractivity contribution in [3.63, 3.8) is 0 Å². The summed E-state index contributed by atoms with van der Waals surface area (Å²) >= 11 is 0. The third kappa shape index (κ3) is 3.53. The molecule has 3 aromatic heterocycles. The molecule has 0 spiro atoms. The number of carbonyl (C=O) groups is 1. The minimum Gasteiger partial charge on any atom is -0.442 e. The number of nitrogens with two attached hydrogens (primary N) is 1. The molecule has 3 aromatic rings. The van der Waals surface area contributed by atoms with E-state index in [1.807, 2.05) is 25.1 Å². The minimum atomic E-state index is -0.536. The Morgan fingerprint density at radius 1 is 1.30 bits per heavy atom. The molecule has 4 N–H and O–H groups in total. The molecule has 2 fully saturated rings. The second-order valence-corrected chi connectivity index (χ2v) is 8.40. The summed E-state index contributed by atoms with van der Waals surface area (Å²) in [6, 6.07) is 7.07. The summed E-state index contributed by atoms with van der Waals surface area (Å²) in [4.78, 5) is 23.5. The summed E-state index contributed by atoms with van der Waals surface area (Å²) < 4.78 is 5.84. The Balaban J connectivity index is 1.38. The number of hydrogen-bond donors (Lipinski definition) is 3. The predicted molar refractivity (Wildman–Crippen MR) is 114 cm³/mol. The van der Waals surface area contributed by atoms with E-state index in [4.69, 9.17) is 10.2 Å². The van der Waals surface area contributed by atoms with Crippen LogP contribution in [0.15, 0.2) is 41.1 Å². The molecule has 1 amide bonds. The Morgan fingerprint density at radius 3 is 2.90 bits per heavy atom. The molecule has 156 valence electrons. The molecule has 8 nitrogen and oxygen atoms in total. The minimum absolute atomic E-state index is 0.0224. The molecule has 3 atom stereocenters. The van der Waals surface area contributed by atoms with Crippen molar-refractivity contribution >= 4 is 28.4 Å². The van der Waals surface area contributed by atoms with Crippen LogP contribution < -0.4 is 16.0 Å². The van der Waals surface area contributed by atoms with Gasteiger partial charge in [0, 0.05) is 42.6 Å². The predicted octanol–water partition coefficient (Wildman–Crippen LogP) is 2.50. The maximum absolute atomic E-state index is 12.9. The van der Waals surface area contributed by atoms with E-state index in [0.29, 0.717) is 30.4 Å². The molecule has 2 aliphatic rings. The van der Waals surface area contributed by atoms with Gasteiger partial charge >= 0.3 is 0 Å². The molecule has 0 bridgehead atoms. The number of piperidine rings is 1. The van der Waals surface area contributed by atoms with Crippen LogP contribution in [0.4, 0.5) is 11.4 Å². The number of hydrogen-bond acceptors (Lipinski definition) is 7. The van der Waals surface area contributed by atoms with Gasteiger partial charge < -0.3 is 25.5 Å². The van der Waals surface area contributed by atoms with E-state index in [2.05, 4.69) is 20.2 Å². The lowest BCUT2D eigenvalue weighted by Crippen LogP contribution is -2.55. The number of aliphatic hydroxyl groups excluding tert-OH is 1. The number of aliphatic hydroxyl groups is 1. The first-order valence-corrected chi connectivity index (χ1v) is 10.3. The number of aromatic nitrogens is 2. The van der Waals surface area contributed by atoms with Crippen molar-refractivity contribution in [2.45, 2.75) is 37.8 Å². The molecule has 0 unspecified atom stereocenters. The van der Waals surface area contributed by atoms with Gasteiger partial charge in [0.25, 0.3) is 5.91 Å². The first-order chi connectivity index (χ1) is 14.5. The largest absolute Gasteiger partial charge is 0.442 e. The zero-order valence-corrected chi connectivity index (χ0v) is 16.8. The van der Waals surface area contributed by atoms with Gasteiger partial charge in [-0.2, -0.15) is 0 Å². The van der Waals surface area contributed by atoms with Crippen LogP contribution in [-0.4, -0.2) is 46.2 Å². The van der Waals surface area contributed by atoms with Gasteiger partial charge in [-0.3, -0.25) is 9.78 Å². The lowest BCUT2D eigenvalue weighted by atomic mass is 9.92. The number of rotatable bonds is 4. The molecule has 1 aliphatic heterocycles. The average molecular weight is 407 g/mol. The molecule has 1 aliphatic carbocycles. The summed E-state index contributed by atoms with van der Waals surface area (Å²) in [5.74, 6) is 1.13. The SMILES string of the molecule is C[C@H]1CN(c2ccncc2NC(=O)c2ccc3cc(C4CC4)oc3n2)C[C@@H](N)[C@@H]1O. The topological polar surface area (TPSA) is 118 Å². The quantitative estimate of drug-likeness (QED) is 0.608. The van der Waals surface area contributed by atoms with Gasteiger partial charge in [-0.1, -0.05) is 6.92 Å². The maximum atomic E-state index is 12.9. The number of nitrogens with one attached hydrogen (secondary N) is 1. The third-order valence-corrected chi connectivity index (χ3v) is 5.96. The van der Waals surface area contributed by atoms with Gasteiger partial charge in [0.2, 0.25) is 5.71 Å². The molecule has 1 saturated carbocycles. The monoisotopic (exact) mass is 407 g/mol. The molecule has 30 heavy (non-hydrogen) atoms. The van der Waals surface area contributed by atoms with Crippen molar-refractivity contribution in [2.24, 2.45) is 11.7 Å². The van der Waals surface area contributed by atoms with Gasteiger partial charge in [-0.25, -0.2) is 4.98 Å². The normalized spacial score (nSPS) is 24.2. The summed E-state index contributed by atoms with van der Waals surface area (Å²) in [5.41, 5.74) is 8.28. The highest BCUT2D eigenvalue weighted by atomic mass is 16.3. The van der Waals surface area contributed by atoms with Crippen molar-refractivity contribution in [3.8, 4) is 0 Å². The zero-order chi connectivity index (χ0) is 20.8. The highest BCUT2D eigenvalue weighted by molar-refractivity contribution is 6.05. The van der Waals surface area contributed by atoms with E-state index < -0.39 is 6.10 Å². The molecule has 4 heterocycles. The number of furan rings is 1. The van der Waals surface area contributed by atoms with Crippen molar-refractivity contribution in [1.29, 1.82) is 0 Å². The lowest BCUT2D eigenvalue weighted by Gasteiger charge is -2.40. The van der Waals surface area contributed by atoms with Gasteiger partial charge in [0.1, 0.15) is 11.5 Å². The van der Waals surface area contributed by atoms with Crippen LogP contribution in [0.5, 0.6) is 0 Å². The van der Waals surface area contributed by atoms with E-state index in [-0.39, 0.29) is 23.6 Å². The van der Waals surface area contributed by atoms with Crippen LogP contribution in [0.2, 0.25) is 0 Å². The maximum Gasteiger partial charge on any atom is 0.274 e. The highest BCUT2D eigenvalue weighted by Crippen LogP contribution is 2.42. The van der Waals surface area contributed by atoms with Crippen LogP contribution in [0.3, 0.4) is 0 Å². The van der Waals surface area contributed by atoms with Crippen molar-refractivity contribution in [3.05, 3.63) is 48.1 Å². The van der Waals surface area contributed by atoms with E-state index in [0.717, 1.165) is 29.7 Å². The van der Waals surface area contributed by atoms with E-state index in [9.17, 15) is 9.90 Å². The summed E-state index contributed by atoms with van der Waals surface area (Å²) in [6.45, 7) is 3.11. The number of nitrogens with zero attached hydrogens (tertiary/aromatic N) is 3. The van der Waals surface area contributed by atoms with Crippen molar-refractivity contribution in [2.75, 3.05) is 23.3 Å². The number of carbonyl (C=O) groups excluding carboxylic acids is 1. The van der Waals surface area contributed by atoms with Gasteiger partial charge in [-0.15, -0.1) is 0 Å². The molecule has 5 rings (SSSR count). The van der Waals surface area contributed by atoms with Crippen LogP contribution in [0.1, 0.15) is 41.9 Å². The van der Waals surface area contributed by atoms with E-state index in [1.165, 1.54) is 0 Å². The molecular weight excluding hydrogens is 382 g/mol. The summed E-state index contributed by atoms with van der Waals surface area (Å²) in [5, 5.41) is 14.0. The fourth-order valence-electron chi connectivity index (χ4n) is 4.09. The van der Waals surface area contributed by atoms with Gasteiger partial charge in [0.15, 0.2) is 0 Å². The summed E-state index contributed by atoms with van der Waals surface area (Å²) in [6.07, 6.45) is 5.05. The number of anilines is 2. The van der Waals surface area contributed by atoms with E-state index >= 15 is 0 Å². The average Bonchev–Trinajstić information content (AvgIpc) is 3.50. The zero-order valence-electron chi connectivity index (χ0n) is 16.8. The van der Waals surface area contributed by atoms with Crippen LogP contribution in [0, 0.1) is 5.92 Å². The van der Waals surface area contributed by atoms with E-state index in [1.54, 1.807) is 18.5 Å². The molecule has 1 saturated heterocycles. The van der Waals surface area contributed by atoms with Gasteiger partial charge in [0.05, 0.1) is 23.7 Å². The Hall–Kier alpha value is -2.97. The first-order valence-electron chi connectivity index (χ1n) is 10.3. The molecule has 0 aromatic carbocycles. The fraction of sp³-hybridized carbons (Fsp3) is 0.409. The summed E-state index contributed by atoms with van der Waals surface area (Å²) in [7, 11) is 0. The van der Waals surface area contributed by atoms with Crippen molar-refractivity contribution < 1.29 is 14.3 Å². The third-order valence-electron chi connectivity index (χ3n) is 5.96. The fourth-order valence-corrected chi connectivity index (χ4v) is 4.09. The van der Waals surface area contributed by atoms with Crippen LogP contribution in [-0.2, 0) is 0 Å². The van der Waals surface area contributed by atoms with Crippen LogP contribution in [0.25, 0.3) is 11.1 Å². The Kier molecular flexibility index (Phi) is 4.67. The number of fused-ring (bicyclic) bond motifs is 1. The lowest BCUT2D eigenvalue weighted by molar-refractivity contribution is 0.0785. The Bertz CT molecular complexity index is 1080. The van der Waals surface area contributed by atoms with Gasteiger partial charge in [-0.05, 0) is 37.1 Å². The molecule has 8 heteroatoms. The Morgan fingerprint density at radius 2 is 2.13 bits per heavy atom. The first kappa shape index (κ1) is 19.0. The second kappa shape index (κ2) is 7.37. The molecular formula is C22H25N5O3. The second-order valence-electron chi connectivity index (χ2n) is 8.40. The molecule has 0 radical (unpaired) electrons. The highest BCUT2D eigenvalue weighted by Gasteiger charge is 2.32. The standard InChI is InChI=1S/C22H25N5O3/c1-12-10-27(11-15(23)20(12)28)18-6-7-24-9-17(18)25-21(29)16-5-4-14-8-19(13-2-3-13)30-22(14)26-16/h4-9,12-13,15,20,28H,2-3,10-11,23H2,1H3,(H,25,29)/t12-,15+,20+/m0/s1. The smallest absolute Gasteiger partial charge is 0.274 e.